The zero-order valence-electron chi connectivity index (χ0n) is 21.3. The van der Waals surface area contributed by atoms with Gasteiger partial charge in [-0.15, -0.1) is 11.3 Å². The minimum atomic E-state index is -4.52. The summed E-state index contributed by atoms with van der Waals surface area (Å²) in [5.41, 5.74) is 6.08. The predicted octanol–water partition coefficient (Wildman–Crippen LogP) is 4.03. The Labute approximate surface area is 222 Å². The highest BCUT2D eigenvalue weighted by atomic mass is 32.1. The Kier molecular flexibility index (Phi) is 7.08. The molecule has 0 bridgehead atoms. The van der Waals surface area contributed by atoms with Gasteiger partial charge >= 0.3 is 6.18 Å². The molecule has 12 heteroatoms. The lowest BCUT2D eigenvalue weighted by Crippen LogP contribution is -2.64. The topological polar surface area (TPSA) is 108 Å². The van der Waals surface area contributed by atoms with E-state index in [0.29, 0.717) is 43.1 Å². The lowest BCUT2D eigenvalue weighted by atomic mass is 9.80. The van der Waals surface area contributed by atoms with Gasteiger partial charge in [0.05, 0.1) is 34.1 Å². The van der Waals surface area contributed by atoms with Gasteiger partial charge in [0.25, 0.3) is 0 Å². The van der Waals surface area contributed by atoms with E-state index in [2.05, 4.69) is 19.9 Å². The monoisotopic (exact) mass is 548 g/mol. The number of alkyl halides is 3. The van der Waals surface area contributed by atoms with Crippen LogP contribution in [0.15, 0.2) is 29.9 Å². The van der Waals surface area contributed by atoms with E-state index >= 15 is 0 Å². The van der Waals surface area contributed by atoms with Crippen LogP contribution in [0.1, 0.15) is 61.7 Å². The summed E-state index contributed by atoms with van der Waals surface area (Å²) in [5, 5.41) is 11.3. The van der Waals surface area contributed by atoms with Crippen molar-refractivity contribution in [1.82, 2.24) is 19.9 Å². The molecular formula is C26H31F3N6O2S. The van der Waals surface area contributed by atoms with E-state index in [1.807, 2.05) is 13.8 Å². The molecular weight excluding hydrogens is 517 g/mol. The molecule has 0 spiro atoms. The zero-order chi connectivity index (χ0) is 27.2. The Morgan fingerprint density at radius 2 is 1.97 bits per heavy atom. The average Bonchev–Trinajstić information content (AvgIpc) is 3.38. The molecule has 3 aromatic rings. The molecule has 2 aliphatic rings. The van der Waals surface area contributed by atoms with Gasteiger partial charge in [-0.25, -0.2) is 9.97 Å². The van der Waals surface area contributed by atoms with E-state index in [9.17, 15) is 23.1 Å². The summed E-state index contributed by atoms with van der Waals surface area (Å²) in [7, 11) is 0. The maximum Gasteiger partial charge on any atom is 0.416 e. The fourth-order valence-electron chi connectivity index (χ4n) is 5.45. The quantitative estimate of drug-likeness (QED) is 0.459. The van der Waals surface area contributed by atoms with E-state index in [4.69, 9.17) is 5.73 Å². The number of anilines is 1. The molecule has 2 fully saturated rings. The molecule has 5 rings (SSSR count). The van der Waals surface area contributed by atoms with Gasteiger partial charge in [-0.1, -0.05) is 13.8 Å². The van der Waals surface area contributed by atoms with E-state index in [1.54, 1.807) is 16.6 Å². The average molecular weight is 549 g/mol. The highest BCUT2D eigenvalue weighted by Crippen LogP contribution is 2.42. The van der Waals surface area contributed by atoms with Crippen molar-refractivity contribution in [3.05, 3.63) is 46.2 Å². The van der Waals surface area contributed by atoms with Gasteiger partial charge in [-0.3, -0.25) is 14.7 Å². The molecule has 0 unspecified atom stereocenters. The lowest BCUT2D eigenvalue weighted by molar-refractivity contribution is -0.137. The van der Waals surface area contributed by atoms with Crippen molar-refractivity contribution in [2.75, 3.05) is 24.5 Å². The number of likely N-dealkylation sites (tertiary alicyclic amines) is 1. The molecule has 1 saturated heterocycles. The summed E-state index contributed by atoms with van der Waals surface area (Å²) in [5.74, 6) is 0.151. The number of hydrogen-bond acceptors (Lipinski definition) is 8. The van der Waals surface area contributed by atoms with Crippen LogP contribution < -0.4 is 10.6 Å². The number of thiazole rings is 1. The molecule has 1 amide bonds. The SMILES string of the molecule is CC(C)c1nc(N(CC(N)=O)C2CN(C3CCC(O)(c4cncs4)CC3)C2)c2cc(C(F)(F)F)ccc2n1. The largest absolute Gasteiger partial charge is 0.416 e. The van der Waals surface area contributed by atoms with Crippen molar-refractivity contribution < 1.29 is 23.1 Å². The fourth-order valence-corrected chi connectivity index (χ4v) is 6.23. The molecule has 8 nitrogen and oxygen atoms in total. The van der Waals surface area contributed by atoms with Crippen LogP contribution in [0.3, 0.4) is 0 Å². The summed E-state index contributed by atoms with van der Waals surface area (Å²) in [6.45, 7) is 4.91. The zero-order valence-corrected chi connectivity index (χ0v) is 22.1. The summed E-state index contributed by atoms with van der Waals surface area (Å²) in [6.07, 6.45) is 0.126. The van der Waals surface area contributed by atoms with E-state index in [0.717, 1.165) is 29.9 Å². The van der Waals surface area contributed by atoms with Crippen molar-refractivity contribution in [2.24, 2.45) is 5.73 Å². The number of primary amides is 1. The van der Waals surface area contributed by atoms with Crippen LogP contribution in [0.25, 0.3) is 10.9 Å². The van der Waals surface area contributed by atoms with Crippen LogP contribution in [-0.2, 0) is 16.6 Å². The van der Waals surface area contributed by atoms with Crippen LogP contribution in [0.5, 0.6) is 0 Å². The number of aliphatic hydroxyl groups is 1. The third-order valence-electron chi connectivity index (χ3n) is 7.66. The molecule has 1 aliphatic carbocycles. The third kappa shape index (κ3) is 5.21. The van der Waals surface area contributed by atoms with Crippen molar-refractivity contribution in [1.29, 1.82) is 0 Å². The van der Waals surface area contributed by atoms with Crippen LogP contribution in [0.2, 0.25) is 0 Å². The normalized spacial score (nSPS) is 23.1. The minimum Gasteiger partial charge on any atom is -0.384 e. The number of carbonyl (C=O) groups is 1. The number of carbonyl (C=O) groups excluding carboxylic acids is 1. The number of benzene rings is 1. The molecule has 0 radical (unpaired) electrons. The lowest BCUT2D eigenvalue weighted by Gasteiger charge is -2.51. The number of nitrogens with zero attached hydrogens (tertiary/aromatic N) is 5. The molecule has 1 saturated carbocycles. The number of fused-ring (bicyclic) bond motifs is 1. The van der Waals surface area contributed by atoms with Gasteiger partial charge in [0.1, 0.15) is 17.2 Å². The van der Waals surface area contributed by atoms with E-state index in [-0.39, 0.29) is 29.9 Å². The second kappa shape index (κ2) is 10.0. The van der Waals surface area contributed by atoms with Crippen LogP contribution in [0, 0.1) is 0 Å². The first-order valence-corrected chi connectivity index (χ1v) is 13.6. The summed E-state index contributed by atoms with van der Waals surface area (Å²) in [4.78, 5) is 30.3. The second-order valence-corrected chi connectivity index (χ2v) is 11.5. The van der Waals surface area contributed by atoms with Gasteiger partial charge in [-0.2, -0.15) is 13.2 Å². The Hall–Kier alpha value is -2.83. The van der Waals surface area contributed by atoms with Crippen molar-refractivity contribution >= 4 is 34.0 Å². The predicted molar refractivity (Wildman–Crippen MR) is 139 cm³/mol. The smallest absolute Gasteiger partial charge is 0.384 e. The van der Waals surface area contributed by atoms with Gasteiger partial charge in [-0.05, 0) is 43.9 Å². The molecule has 2 aromatic heterocycles. The molecule has 204 valence electrons. The van der Waals surface area contributed by atoms with Crippen molar-refractivity contribution in [3.63, 3.8) is 0 Å². The highest BCUT2D eigenvalue weighted by Gasteiger charge is 2.43. The molecule has 3 heterocycles. The number of halogens is 3. The Morgan fingerprint density at radius 1 is 1.26 bits per heavy atom. The molecule has 0 atom stereocenters. The molecule has 1 aromatic carbocycles. The van der Waals surface area contributed by atoms with Crippen LogP contribution in [-0.4, -0.2) is 62.6 Å². The standard InChI is InChI=1S/C26H31F3N6O2S/c1-15(2)23-32-20-4-3-16(26(27,28)29)9-19(20)24(33-23)35(13-22(30)36)18-11-34(12-18)17-5-7-25(37,8-6-17)21-10-31-14-38-21/h3-4,9-10,14-15,17-18,37H,5-8,11-13H2,1-2H3,(H2,30,36). The van der Waals surface area contributed by atoms with Crippen molar-refractivity contribution in [2.45, 2.75) is 69.3 Å². The maximum atomic E-state index is 13.5. The summed E-state index contributed by atoms with van der Waals surface area (Å²) < 4.78 is 40.6. The van der Waals surface area contributed by atoms with Gasteiger partial charge in [0, 0.05) is 36.6 Å². The Balaban J connectivity index is 1.39. The number of hydrogen-bond donors (Lipinski definition) is 2. The minimum absolute atomic E-state index is 0.0618. The first kappa shape index (κ1) is 26.8. The van der Waals surface area contributed by atoms with Gasteiger partial charge < -0.3 is 15.7 Å². The first-order chi connectivity index (χ1) is 17.9. The third-order valence-corrected chi connectivity index (χ3v) is 8.62. The van der Waals surface area contributed by atoms with E-state index < -0.39 is 23.2 Å². The molecule has 3 N–H and O–H groups in total. The summed E-state index contributed by atoms with van der Waals surface area (Å²) in [6, 6.07) is 3.57. The van der Waals surface area contributed by atoms with E-state index in [1.165, 1.54) is 17.4 Å². The highest BCUT2D eigenvalue weighted by molar-refractivity contribution is 7.09. The second-order valence-electron chi connectivity index (χ2n) is 10.6. The number of amides is 1. The fraction of sp³-hybridized carbons (Fsp3) is 0.538. The van der Waals surface area contributed by atoms with Gasteiger partial charge in [0.15, 0.2) is 0 Å². The number of rotatable bonds is 7. The van der Waals surface area contributed by atoms with Crippen molar-refractivity contribution in [3.8, 4) is 0 Å². The number of aromatic nitrogens is 3. The Morgan fingerprint density at radius 3 is 2.55 bits per heavy atom. The van der Waals surface area contributed by atoms with Crippen LogP contribution >= 0.6 is 11.3 Å². The molecule has 38 heavy (non-hydrogen) atoms. The summed E-state index contributed by atoms with van der Waals surface area (Å²) >= 11 is 1.46. The first-order valence-electron chi connectivity index (χ1n) is 12.7. The Bertz CT molecular complexity index is 1300. The van der Waals surface area contributed by atoms with Crippen LogP contribution in [0.4, 0.5) is 19.0 Å². The van der Waals surface area contributed by atoms with Gasteiger partial charge in [0.2, 0.25) is 5.91 Å². The number of nitrogens with two attached hydrogens (primary N) is 1. The molecule has 1 aliphatic heterocycles. The maximum absolute atomic E-state index is 13.5.